The predicted octanol–water partition coefficient (Wildman–Crippen LogP) is 4.43. The van der Waals surface area contributed by atoms with E-state index in [1.807, 2.05) is 6.20 Å². The smallest absolute Gasteiger partial charge is 0.354 e. The molecule has 3 aromatic rings. The van der Waals surface area contributed by atoms with Crippen LogP contribution in [0.3, 0.4) is 0 Å². The molecular formula is C24H26F3N7. The van der Waals surface area contributed by atoms with E-state index in [2.05, 4.69) is 36.9 Å². The van der Waals surface area contributed by atoms with Crippen molar-refractivity contribution in [3.63, 3.8) is 0 Å². The van der Waals surface area contributed by atoms with Gasteiger partial charge in [0.15, 0.2) is 0 Å². The molecule has 2 N–H and O–H groups in total. The molecule has 0 aromatic carbocycles. The lowest BCUT2D eigenvalue weighted by atomic mass is 9.78. The molecule has 34 heavy (non-hydrogen) atoms. The highest BCUT2D eigenvalue weighted by molar-refractivity contribution is 6.04. The molecule has 3 aromatic heterocycles. The summed E-state index contributed by atoms with van der Waals surface area (Å²) in [6, 6.07) is 2.84. The van der Waals surface area contributed by atoms with E-state index >= 15 is 0 Å². The summed E-state index contributed by atoms with van der Waals surface area (Å²) < 4.78 is 39.8. The summed E-state index contributed by atoms with van der Waals surface area (Å²) in [7, 11) is 0. The number of fused-ring (bicyclic) bond motifs is 1. The van der Waals surface area contributed by atoms with E-state index in [0.717, 1.165) is 62.0 Å². The number of hydrogen-bond donors (Lipinski definition) is 2. The van der Waals surface area contributed by atoms with Crippen LogP contribution in [0.4, 0.5) is 18.9 Å². The molecule has 5 rings (SSSR count). The van der Waals surface area contributed by atoms with Gasteiger partial charge in [-0.25, -0.2) is 4.98 Å². The third-order valence-corrected chi connectivity index (χ3v) is 6.64. The normalized spacial score (nSPS) is 17.7. The Labute approximate surface area is 195 Å². The van der Waals surface area contributed by atoms with Gasteiger partial charge in [0.05, 0.1) is 18.4 Å². The van der Waals surface area contributed by atoms with E-state index in [1.165, 1.54) is 12.6 Å². The number of H-pyrrole nitrogens is 1. The second-order valence-corrected chi connectivity index (χ2v) is 8.70. The summed E-state index contributed by atoms with van der Waals surface area (Å²) in [6.45, 7) is 7.17. The Balaban J connectivity index is 1.59. The minimum absolute atomic E-state index is 0.205. The molecule has 10 heteroatoms. The Kier molecular flexibility index (Phi) is 6.07. The minimum atomic E-state index is -4.47. The van der Waals surface area contributed by atoms with E-state index in [9.17, 15) is 13.2 Å². The number of nitrogens with zero attached hydrogens (tertiary/aromatic N) is 5. The van der Waals surface area contributed by atoms with Crippen LogP contribution in [-0.4, -0.2) is 58.6 Å². The second-order valence-electron chi connectivity index (χ2n) is 8.70. The van der Waals surface area contributed by atoms with Crippen molar-refractivity contribution < 1.29 is 13.2 Å². The topological polar surface area (TPSA) is 81.6 Å². The monoisotopic (exact) mass is 469 g/mol. The maximum Gasteiger partial charge on any atom is 0.431 e. The fraction of sp³-hybridized carbons (Fsp3) is 0.417. The summed E-state index contributed by atoms with van der Waals surface area (Å²) in [5, 5.41) is 3.79. The van der Waals surface area contributed by atoms with Crippen molar-refractivity contribution in [1.29, 1.82) is 0 Å². The Morgan fingerprint density at radius 1 is 1.21 bits per heavy atom. The highest BCUT2D eigenvalue weighted by Gasteiger charge is 2.33. The van der Waals surface area contributed by atoms with Gasteiger partial charge < -0.3 is 15.2 Å². The molecule has 1 saturated carbocycles. The molecule has 0 amide bonds. The molecule has 4 heterocycles. The third-order valence-electron chi connectivity index (χ3n) is 6.64. The van der Waals surface area contributed by atoms with Gasteiger partial charge >= 0.3 is 6.18 Å². The Morgan fingerprint density at radius 2 is 2.00 bits per heavy atom. The molecule has 7 nitrogen and oxygen atoms in total. The quantitative estimate of drug-likeness (QED) is 0.428. The van der Waals surface area contributed by atoms with Crippen LogP contribution in [-0.2, 0) is 12.7 Å². The molecule has 0 bridgehead atoms. The number of rotatable bonds is 5. The van der Waals surface area contributed by atoms with Gasteiger partial charge in [0.2, 0.25) is 0 Å². The van der Waals surface area contributed by atoms with Crippen molar-refractivity contribution in [2.45, 2.75) is 37.9 Å². The largest absolute Gasteiger partial charge is 0.431 e. The Hall–Kier alpha value is -3.27. The van der Waals surface area contributed by atoms with Gasteiger partial charge in [-0.3, -0.25) is 15.0 Å². The summed E-state index contributed by atoms with van der Waals surface area (Å²) in [6.07, 6.45) is 4.02. The zero-order valence-electron chi connectivity index (χ0n) is 18.7. The van der Waals surface area contributed by atoms with Gasteiger partial charge in [0.1, 0.15) is 17.2 Å². The van der Waals surface area contributed by atoms with Gasteiger partial charge in [-0.1, -0.05) is 6.42 Å². The Bertz CT molecular complexity index is 1220. The first-order valence-electron chi connectivity index (χ1n) is 11.4. The maximum atomic E-state index is 13.3. The van der Waals surface area contributed by atoms with Crippen molar-refractivity contribution in [2.24, 2.45) is 9.98 Å². The fourth-order valence-electron chi connectivity index (χ4n) is 4.60. The van der Waals surface area contributed by atoms with E-state index < -0.39 is 11.9 Å². The van der Waals surface area contributed by atoms with Crippen LogP contribution >= 0.6 is 0 Å². The van der Waals surface area contributed by atoms with E-state index in [0.29, 0.717) is 22.6 Å². The van der Waals surface area contributed by atoms with Gasteiger partial charge in [0, 0.05) is 49.5 Å². The number of pyridine rings is 2. The molecule has 2 aliphatic rings. The van der Waals surface area contributed by atoms with E-state index in [4.69, 9.17) is 4.99 Å². The highest BCUT2D eigenvalue weighted by atomic mass is 19.4. The lowest BCUT2D eigenvalue weighted by Crippen LogP contribution is -2.47. The maximum absolute atomic E-state index is 13.3. The number of alkyl halides is 3. The highest BCUT2D eigenvalue weighted by Crippen LogP contribution is 2.40. The lowest BCUT2D eigenvalue weighted by molar-refractivity contribution is -0.140. The van der Waals surface area contributed by atoms with Gasteiger partial charge in [-0.15, -0.1) is 0 Å². The molecule has 1 aliphatic carbocycles. The van der Waals surface area contributed by atoms with Gasteiger partial charge in [0.25, 0.3) is 0 Å². The van der Waals surface area contributed by atoms with Crippen LogP contribution in [0.2, 0.25) is 0 Å². The first-order chi connectivity index (χ1) is 16.5. The molecular weight excluding hydrogens is 443 g/mol. The number of piperazine rings is 1. The third kappa shape index (κ3) is 4.29. The summed E-state index contributed by atoms with van der Waals surface area (Å²) in [5.74, 6) is 1.20. The van der Waals surface area contributed by atoms with Crippen LogP contribution < -0.4 is 5.32 Å². The number of aromatic amines is 1. The molecule has 0 unspecified atom stereocenters. The van der Waals surface area contributed by atoms with Crippen molar-refractivity contribution in [1.82, 2.24) is 25.2 Å². The Morgan fingerprint density at radius 3 is 2.68 bits per heavy atom. The van der Waals surface area contributed by atoms with Crippen LogP contribution in [0.15, 0.2) is 40.7 Å². The molecule has 1 saturated heterocycles. The number of amidine groups is 1. The summed E-state index contributed by atoms with van der Waals surface area (Å²) in [4.78, 5) is 22.3. The predicted molar refractivity (Wildman–Crippen MR) is 126 cm³/mol. The van der Waals surface area contributed by atoms with Crippen LogP contribution in [0.5, 0.6) is 0 Å². The van der Waals surface area contributed by atoms with Crippen LogP contribution in [0.1, 0.15) is 47.6 Å². The van der Waals surface area contributed by atoms with Gasteiger partial charge in [-0.2, -0.15) is 13.2 Å². The van der Waals surface area contributed by atoms with Crippen molar-refractivity contribution in [2.75, 3.05) is 26.2 Å². The zero-order chi connectivity index (χ0) is 23.7. The van der Waals surface area contributed by atoms with Gasteiger partial charge in [-0.05, 0) is 48.7 Å². The lowest BCUT2D eigenvalue weighted by Gasteiger charge is -2.34. The first-order valence-corrected chi connectivity index (χ1v) is 11.4. The average molecular weight is 470 g/mol. The first kappa shape index (κ1) is 22.5. The van der Waals surface area contributed by atoms with E-state index in [-0.39, 0.29) is 12.2 Å². The fourth-order valence-corrected chi connectivity index (χ4v) is 4.60. The SMILES string of the molecule is C=Nc1cncc(C2CCC2)c1/C(=N\Cc1ccnc2[nH]c(C(F)(F)F)cc12)N1CCNCC1. The van der Waals surface area contributed by atoms with Crippen LogP contribution in [0, 0.1) is 0 Å². The molecule has 0 atom stereocenters. The molecule has 0 spiro atoms. The molecule has 1 aliphatic heterocycles. The molecule has 178 valence electrons. The number of aliphatic imine (C=N–C) groups is 2. The van der Waals surface area contributed by atoms with Crippen molar-refractivity contribution >= 4 is 29.3 Å². The standard InChI is InChI=1S/C24H26F3N7/c1-28-19-14-30-13-18(15-3-2-4-15)21(19)23(34-9-7-29-8-10-34)32-12-16-5-6-31-22-17(16)11-20(33-22)24(25,26)27/h5-6,11,13-15,29H,1-4,7-10,12H2,(H,31,33)/b32-23+. The number of halogens is 3. The summed E-state index contributed by atoms with van der Waals surface area (Å²) in [5.41, 5.74) is 2.81. The molecule has 0 radical (unpaired) electrons. The van der Waals surface area contributed by atoms with Crippen molar-refractivity contribution in [3.05, 3.63) is 53.1 Å². The number of aromatic nitrogens is 3. The average Bonchev–Trinajstić information content (AvgIpc) is 3.25. The number of hydrogen-bond acceptors (Lipinski definition) is 5. The molecule has 2 fully saturated rings. The minimum Gasteiger partial charge on any atom is -0.354 e. The zero-order valence-corrected chi connectivity index (χ0v) is 18.7. The van der Waals surface area contributed by atoms with Crippen molar-refractivity contribution in [3.8, 4) is 0 Å². The number of nitrogens with one attached hydrogen (secondary N) is 2. The van der Waals surface area contributed by atoms with Crippen LogP contribution in [0.25, 0.3) is 11.0 Å². The van der Waals surface area contributed by atoms with E-state index in [1.54, 1.807) is 12.3 Å². The second kappa shape index (κ2) is 9.17. The summed E-state index contributed by atoms with van der Waals surface area (Å²) >= 11 is 0.